The van der Waals surface area contributed by atoms with Crippen LogP contribution in [-0.4, -0.2) is 13.5 Å². The van der Waals surface area contributed by atoms with E-state index in [1.807, 2.05) is 0 Å². The third kappa shape index (κ3) is 3.23. The first-order valence-corrected chi connectivity index (χ1v) is 9.02. The van der Waals surface area contributed by atoms with Gasteiger partial charge < -0.3 is 5.11 Å². The predicted octanol–water partition coefficient (Wildman–Crippen LogP) is 4.63. The van der Waals surface area contributed by atoms with Gasteiger partial charge in [-0.15, -0.1) is 11.3 Å². The van der Waals surface area contributed by atoms with Crippen LogP contribution in [0.2, 0.25) is 10.0 Å². The quantitative estimate of drug-likeness (QED) is 0.716. The smallest absolute Gasteiger partial charge is 0.263 e. The van der Waals surface area contributed by atoms with Gasteiger partial charge in [0, 0.05) is 4.88 Å². The van der Waals surface area contributed by atoms with Crippen molar-refractivity contribution in [3.63, 3.8) is 0 Å². The Morgan fingerprint density at radius 2 is 1.80 bits per heavy atom. The summed E-state index contributed by atoms with van der Waals surface area (Å²) in [6.45, 7) is 1.71. The van der Waals surface area contributed by atoms with Gasteiger partial charge in [0.15, 0.2) is 5.75 Å². The van der Waals surface area contributed by atoms with E-state index in [9.17, 15) is 13.5 Å². The van der Waals surface area contributed by atoms with Gasteiger partial charge in [0.1, 0.15) is 4.90 Å². The molecule has 0 unspecified atom stereocenters. The highest BCUT2D eigenvalue weighted by molar-refractivity contribution is 9.11. The minimum atomic E-state index is -3.74. The Balaban J connectivity index is 2.41. The molecule has 9 heteroatoms. The topological polar surface area (TPSA) is 66.4 Å². The molecule has 0 saturated carbocycles. The van der Waals surface area contributed by atoms with Gasteiger partial charge in [-0.2, -0.15) is 0 Å². The van der Waals surface area contributed by atoms with Crippen LogP contribution in [0.15, 0.2) is 26.9 Å². The standard InChI is InChI=1S/C11H8BrCl2NO3S2/c1-5-9(4-10(12)19-5)20(17,18)15-6-2-7(13)11(16)8(14)3-6/h2-4,15-16H,1H3. The number of thiophene rings is 1. The molecule has 4 nitrogen and oxygen atoms in total. The summed E-state index contributed by atoms with van der Waals surface area (Å²) in [6.07, 6.45) is 0. The maximum absolute atomic E-state index is 12.3. The molecule has 2 aromatic rings. The molecular formula is C11H8BrCl2NO3S2. The van der Waals surface area contributed by atoms with Crippen LogP contribution in [-0.2, 0) is 10.0 Å². The molecule has 1 aromatic heterocycles. The van der Waals surface area contributed by atoms with E-state index in [1.165, 1.54) is 29.5 Å². The number of sulfonamides is 1. The van der Waals surface area contributed by atoms with E-state index < -0.39 is 10.0 Å². The van der Waals surface area contributed by atoms with Gasteiger partial charge in [-0.1, -0.05) is 23.2 Å². The molecule has 0 saturated heterocycles. The van der Waals surface area contributed by atoms with Gasteiger partial charge in [0.2, 0.25) is 0 Å². The molecule has 0 amide bonds. The average molecular weight is 417 g/mol. The Kier molecular flexibility index (Phi) is 4.56. The molecule has 20 heavy (non-hydrogen) atoms. The molecule has 2 rings (SSSR count). The molecule has 0 radical (unpaired) electrons. The van der Waals surface area contributed by atoms with Crippen LogP contribution in [0.4, 0.5) is 5.69 Å². The summed E-state index contributed by atoms with van der Waals surface area (Å²) in [5, 5.41) is 9.39. The molecule has 1 heterocycles. The normalized spacial score (nSPS) is 11.6. The maximum Gasteiger partial charge on any atom is 0.263 e. The fourth-order valence-corrected chi connectivity index (χ4v) is 5.48. The third-order valence-corrected chi connectivity index (χ3v) is 6.17. The zero-order chi connectivity index (χ0) is 15.1. The first kappa shape index (κ1) is 15.9. The van der Waals surface area contributed by atoms with Crippen molar-refractivity contribution in [1.29, 1.82) is 0 Å². The van der Waals surface area contributed by atoms with Crippen LogP contribution in [0.5, 0.6) is 5.75 Å². The van der Waals surface area contributed by atoms with Gasteiger partial charge in [0.05, 0.1) is 19.5 Å². The van der Waals surface area contributed by atoms with Crippen molar-refractivity contribution in [1.82, 2.24) is 0 Å². The lowest BCUT2D eigenvalue weighted by atomic mass is 10.3. The lowest BCUT2D eigenvalue weighted by molar-refractivity contribution is 0.476. The van der Waals surface area contributed by atoms with E-state index in [4.69, 9.17) is 23.2 Å². The number of hydrogen-bond donors (Lipinski definition) is 2. The number of rotatable bonds is 3. The number of benzene rings is 1. The fraction of sp³-hybridized carbons (Fsp3) is 0.0909. The number of anilines is 1. The van der Waals surface area contributed by atoms with Crippen molar-refractivity contribution in [3.8, 4) is 5.75 Å². The van der Waals surface area contributed by atoms with Crippen molar-refractivity contribution in [2.75, 3.05) is 4.72 Å². The zero-order valence-corrected chi connectivity index (χ0v) is 14.7. The highest BCUT2D eigenvalue weighted by atomic mass is 79.9. The Bertz CT molecular complexity index is 751. The van der Waals surface area contributed by atoms with Crippen LogP contribution >= 0.6 is 50.5 Å². The summed E-state index contributed by atoms with van der Waals surface area (Å²) < 4.78 is 27.6. The summed E-state index contributed by atoms with van der Waals surface area (Å²) in [6, 6.07) is 4.10. The summed E-state index contributed by atoms with van der Waals surface area (Å²) in [5.41, 5.74) is 0.180. The molecule has 0 aliphatic carbocycles. The van der Waals surface area contributed by atoms with E-state index in [-0.39, 0.29) is 26.4 Å². The number of halogens is 3. The highest BCUT2D eigenvalue weighted by Crippen LogP contribution is 2.36. The van der Waals surface area contributed by atoms with E-state index in [0.717, 1.165) is 3.79 Å². The Hall–Kier alpha value is -0.470. The predicted molar refractivity (Wildman–Crippen MR) is 85.7 cm³/mol. The number of nitrogens with one attached hydrogen (secondary N) is 1. The second kappa shape index (κ2) is 5.73. The first-order valence-electron chi connectivity index (χ1n) is 5.17. The minimum Gasteiger partial charge on any atom is -0.505 e. The van der Waals surface area contributed by atoms with Gasteiger partial charge in [-0.3, -0.25) is 4.72 Å². The largest absolute Gasteiger partial charge is 0.505 e. The lowest BCUT2D eigenvalue weighted by Gasteiger charge is -2.09. The van der Waals surface area contributed by atoms with Crippen molar-refractivity contribution in [2.24, 2.45) is 0 Å². The number of phenols is 1. The first-order chi connectivity index (χ1) is 9.20. The third-order valence-electron chi connectivity index (χ3n) is 2.40. The summed E-state index contributed by atoms with van der Waals surface area (Å²) >= 11 is 16.1. The monoisotopic (exact) mass is 415 g/mol. The second-order valence-electron chi connectivity index (χ2n) is 3.86. The number of phenolic OH excluding ortho intramolecular Hbond substituents is 1. The summed E-state index contributed by atoms with van der Waals surface area (Å²) in [4.78, 5) is 0.829. The van der Waals surface area contributed by atoms with Crippen molar-refractivity contribution >= 4 is 66.2 Å². The SMILES string of the molecule is Cc1sc(Br)cc1S(=O)(=O)Nc1cc(Cl)c(O)c(Cl)c1. The Labute approximate surface area is 138 Å². The number of aromatic hydroxyl groups is 1. The second-order valence-corrected chi connectivity index (χ2v) is 8.97. The van der Waals surface area contributed by atoms with E-state index in [2.05, 4.69) is 20.7 Å². The summed E-state index contributed by atoms with van der Waals surface area (Å²) in [5.74, 6) is -0.286. The van der Waals surface area contributed by atoms with Crippen LogP contribution < -0.4 is 4.72 Å². The molecule has 0 aliphatic heterocycles. The Morgan fingerprint density at radius 1 is 1.25 bits per heavy atom. The molecule has 0 aliphatic rings. The molecule has 0 spiro atoms. The maximum atomic E-state index is 12.3. The van der Waals surface area contributed by atoms with Crippen molar-refractivity contribution in [2.45, 2.75) is 11.8 Å². The van der Waals surface area contributed by atoms with E-state index in [1.54, 1.807) is 6.92 Å². The lowest BCUT2D eigenvalue weighted by Crippen LogP contribution is -2.13. The minimum absolute atomic E-state index is 0.0292. The molecule has 1 aromatic carbocycles. The van der Waals surface area contributed by atoms with Crippen LogP contribution in [0.25, 0.3) is 0 Å². The van der Waals surface area contributed by atoms with Gasteiger partial charge >= 0.3 is 0 Å². The number of aryl methyl sites for hydroxylation is 1. The molecule has 0 atom stereocenters. The van der Waals surface area contributed by atoms with Crippen molar-refractivity contribution in [3.05, 3.63) is 36.9 Å². The highest BCUT2D eigenvalue weighted by Gasteiger charge is 2.20. The molecule has 2 N–H and O–H groups in total. The van der Waals surface area contributed by atoms with E-state index >= 15 is 0 Å². The Morgan fingerprint density at radius 3 is 2.25 bits per heavy atom. The fourth-order valence-electron chi connectivity index (χ4n) is 1.53. The number of hydrogen-bond acceptors (Lipinski definition) is 4. The molecule has 0 fully saturated rings. The van der Waals surface area contributed by atoms with E-state index in [0.29, 0.717) is 4.88 Å². The van der Waals surface area contributed by atoms with Gasteiger partial charge in [-0.25, -0.2) is 8.42 Å². The molecule has 108 valence electrons. The van der Waals surface area contributed by atoms with Crippen LogP contribution in [0.1, 0.15) is 4.88 Å². The van der Waals surface area contributed by atoms with Crippen LogP contribution in [0, 0.1) is 6.92 Å². The van der Waals surface area contributed by atoms with Gasteiger partial charge in [0.25, 0.3) is 10.0 Å². The zero-order valence-electron chi connectivity index (χ0n) is 9.95. The average Bonchev–Trinajstić information content (AvgIpc) is 2.65. The molecule has 0 bridgehead atoms. The van der Waals surface area contributed by atoms with Crippen LogP contribution in [0.3, 0.4) is 0 Å². The van der Waals surface area contributed by atoms with Gasteiger partial charge in [-0.05, 0) is 41.1 Å². The molecular weight excluding hydrogens is 409 g/mol. The summed E-state index contributed by atoms with van der Waals surface area (Å²) in [7, 11) is -3.74. The van der Waals surface area contributed by atoms with Crippen molar-refractivity contribution < 1.29 is 13.5 Å².